The van der Waals surface area contributed by atoms with Crippen LogP contribution in [0.2, 0.25) is 0 Å². The molecule has 1 aliphatic heterocycles. The molecule has 0 aromatic heterocycles. The molecular weight excluding hydrogens is 232 g/mol. The number of hydrogen-bond acceptors (Lipinski definition) is 2. The Morgan fingerprint density at radius 2 is 1.89 bits per heavy atom. The molecule has 0 spiro atoms. The van der Waals surface area contributed by atoms with E-state index in [1.807, 2.05) is 0 Å². The zero-order valence-electron chi connectivity index (χ0n) is 11.9. The molecule has 1 heterocycles. The molecule has 1 saturated heterocycles. The Hall–Kier alpha value is -0.860. The summed E-state index contributed by atoms with van der Waals surface area (Å²) in [5, 5.41) is 3.80. The number of likely N-dealkylation sites (tertiary alicyclic amines) is 1. The summed E-state index contributed by atoms with van der Waals surface area (Å²) in [6, 6.07) is 9.61. The van der Waals surface area contributed by atoms with Gasteiger partial charge in [-0.1, -0.05) is 30.7 Å². The van der Waals surface area contributed by atoms with Gasteiger partial charge >= 0.3 is 0 Å². The maximum Gasteiger partial charge on any atom is 0.0323 e. The molecule has 3 rings (SSSR count). The van der Waals surface area contributed by atoms with Gasteiger partial charge < -0.3 is 10.2 Å². The van der Waals surface area contributed by atoms with E-state index in [1.54, 1.807) is 11.1 Å². The first kappa shape index (κ1) is 13.1. The Bertz CT molecular complexity index is 396. The lowest BCUT2D eigenvalue weighted by atomic mass is 9.99. The fourth-order valence-electron chi connectivity index (χ4n) is 3.54. The van der Waals surface area contributed by atoms with Crippen LogP contribution in [0.1, 0.15) is 49.3 Å². The van der Waals surface area contributed by atoms with Crippen LogP contribution < -0.4 is 5.32 Å². The minimum absolute atomic E-state index is 0.585. The largest absolute Gasteiger partial charge is 0.309 e. The van der Waals surface area contributed by atoms with Crippen LogP contribution in [0.15, 0.2) is 24.3 Å². The second kappa shape index (κ2) is 6.53. The summed E-state index contributed by atoms with van der Waals surface area (Å²) in [6.07, 6.45) is 8.06. The van der Waals surface area contributed by atoms with Crippen LogP contribution in [0.3, 0.4) is 0 Å². The number of fused-ring (bicyclic) bond motifs is 1. The lowest BCUT2D eigenvalue weighted by molar-refractivity contribution is 0.325. The van der Waals surface area contributed by atoms with Gasteiger partial charge in [-0.25, -0.2) is 0 Å². The van der Waals surface area contributed by atoms with Crippen molar-refractivity contribution in [1.82, 2.24) is 10.2 Å². The number of rotatable bonds is 4. The molecule has 104 valence electrons. The van der Waals surface area contributed by atoms with Crippen molar-refractivity contribution in [3.63, 3.8) is 0 Å². The second-order valence-corrected chi connectivity index (χ2v) is 6.00. The topological polar surface area (TPSA) is 15.3 Å². The van der Waals surface area contributed by atoms with Crippen molar-refractivity contribution in [2.45, 2.75) is 44.6 Å². The normalized spacial score (nSPS) is 24.1. The summed E-state index contributed by atoms with van der Waals surface area (Å²) in [5.41, 5.74) is 3.13. The average molecular weight is 258 g/mol. The standard InChI is InChI=1S/C17H26N2/c1-3-9-16-15(7-1)8-2-4-10-17(16)18-11-14-19-12-5-6-13-19/h1,3,7,9,17-18H,2,4-6,8,10-14H2. The maximum atomic E-state index is 3.80. The summed E-state index contributed by atoms with van der Waals surface area (Å²) >= 11 is 0. The van der Waals surface area contributed by atoms with Gasteiger partial charge in [-0.15, -0.1) is 0 Å². The Morgan fingerprint density at radius 3 is 2.79 bits per heavy atom. The number of nitrogens with zero attached hydrogens (tertiary/aromatic N) is 1. The quantitative estimate of drug-likeness (QED) is 0.835. The summed E-state index contributed by atoms with van der Waals surface area (Å²) in [4.78, 5) is 2.59. The monoisotopic (exact) mass is 258 g/mol. The fraction of sp³-hybridized carbons (Fsp3) is 0.647. The highest BCUT2D eigenvalue weighted by Gasteiger charge is 2.18. The Balaban J connectivity index is 1.57. The van der Waals surface area contributed by atoms with Gasteiger partial charge in [0.15, 0.2) is 0 Å². The average Bonchev–Trinajstić information content (AvgIpc) is 2.87. The van der Waals surface area contributed by atoms with Crippen LogP contribution >= 0.6 is 0 Å². The van der Waals surface area contributed by atoms with Crippen LogP contribution in [0.25, 0.3) is 0 Å². The molecule has 1 unspecified atom stereocenters. The van der Waals surface area contributed by atoms with Gasteiger partial charge in [-0.2, -0.15) is 0 Å². The van der Waals surface area contributed by atoms with Gasteiger partial charge in [0.1, 0.15) is 0 Å². The number of benzene rings is 1. The summed E-state index contributed by atoms with van der Waals surface area (Å²) < 4.78 is 0. The van der Waals surface area contributed by atoms with E-state index in [2.05, 4.69) is 34.5 Å². The Morgan fingerprint density at radius 1 is 1.05 bits per heavy atom. The summed E-state index contributed by atoms with van der Waals surface area (Å²) in [6.45, 7) is 4.98. The third-order valence-corrected chi connectivity index (χ3v) is 4.64. The first-order valence-electron chi connectivity index (χ1n) is 7.97. The van der Waals surface area contributed by atoms with Gasteiger partial charge in [0.25, 0.3) is 0 Å². The van der Waals surface area contributed by atoms with Gasteiger partial charge in [-0.05, 0) is 56.3 Å². The van der Waals surface area contributed by atoms with Crippen molar-refractivity contribution in [3.05, 3.63) is 35.4 Å². The molecule has 1 aliphatic carbocycles. The smallest absolute Gasteiger partial charge is 0.0323 e. The lowest BCUT2D eigenvalue weighted by Gasteiger charge is -2.21. The van der Waals surface area contributed by atoms with E-state index >= 15 is 0 Å². The van der Waals surface area contributed by atoms with E-state index in [1.165, 1.54) is 58.2 Å². The van der Waals surface area contributed by atoms with Crippen molar-refractivity contribution < 1.29 is 0 Å². The maximum absolute atomic E-state index is 3.80. The van der Waals surface area contributed by atoms with Crippen LogP contribution in [-0.4, -0.2) is 31.1 Å². The molecule has 1 aromatic carbocycles. The van der Waals surface area contributed by atoms with Crippen molar-refractivity contribution >= 4 is 0 Å². The SMILES string of the molecule is c1ccc2c(c1)CCCCC2NCCN1CCCC1. The lowest BCUT2D eigenvalue weighted by Crippen LogP contribution is -2.32. The molecule has 0 radical (unpaired) electrons. The molecule has 2 aliphatic rings. The predicted octanol–water partition coefficient (Wildman–Crippen LogP) is 3.14. The molecule has 2 nitrogen and oxygen atoms in total. The van der Waals surface area contributed by atoms with Gasteiger partial charge in [0, 0.05) is 19.1 Å². The van der Waals surface area contributed by atoms with E-state index < -0.39 is 0 Å². The van der Waals surface area contributed by atoms with E-state index in [4.69, 9.17) is 0 Å². The molecule has 0 bridgehead atoms. The Kier molecular flexibility index (Phi) is 4.52. The van der Waals surface area contributed by atoms with Crippen LogP contribution in [-0.2, 0) is 6.42 Å². The molecule has 1 aromatic rings. The first-order valence-corrected chi connectivity index (χ1v) is 7.97. The van der Waals surface area contributed by atoms with Crippen LogP contribution in [0.5, 0.6) is 0 Å². The van der Waals surface area contributed by atoms with Crippen molar-refractivity contribution in [1.29, 1.82) is 0 Å². The second-order valence-electron chi connectivity index (χ2n) is 6.00. The van der Waals surface area contributed by atoms with Crippen LogP contribution in [0, 0.1) is 0 Å². The zero-order chi connectivity index (χ0) is 12.9. The summed E-state index contributed by atoms with van der Waals surface area (Å²) in [5.74, 6) is 0. The van der Waals surface area contributed by atoms with Crippen LogP contribution in [0.4, 0.5) is 0 Å². The van der Waals surface area contributed by atoms with Crippen molar-refractivity contribution in [3.8, 4) is 0 Å². The molecule has 19 heavy (non-hydrogen) atoms. The molecule has 2 heteroatoms. The minimum Gasteiger partial charge on any atom is -0.309 e. The van der Waals surface area contributed by atoms with Crippen molar-refractivity contribution in [2.24, 2.45) is 0 Å². The fourth-order valence-corrected chi connectivity index (χ4v) is 3.54. The van der Waals surface area contributed by atoms with E-state index in [9.17, 15) is 0 Å². The summed E-state index contributed by atoms with van der Waals surface area (Å²) in [7, 11) is 0. The number of hydrogen-bond donors (Lipinski definition) is 1. The predicted molar refractivity (Wildman–Crippen MR) is 80.4 cm³/mol. The molecule has 0 amide bonds. The zero-order valence-corrected chi connectivity index (χ0v) is 11.9. The highest BCUT2D eigenvalue weighted by molar-refractivity contribution is 5.31. The molecular formula is C17H26N2. The minimum atomic E-state index is 0.585. The first-order chi connectivity index (χ1) is 9.43. The number of nitrogens with one attached hydrogen (secondary N) is 1. The van der Waals surface area contributed by atoms with Gasteiger partial charge in [-0.3, -0.25) is 0 Å². The highest BCUT2D eigenvalue weighted by atomic mass is 15.2. The van der Waals surface area contributed by atoms with E-state index in [0.29, 0.717) is 6.04 Å². The molecule has 0 saturated carbocycles. The molecule has 1 fully saturated rings. The van der Waals surface area contributed by atoms with Crippen molar-refractivity contribution in [2.75, 3.05) is 26.2 Å². The Labute approximate surface area is 117 Å². The number of aryl methyl sites for hydroxylation is 1. The highest BCUT2D eigenvalue weighted by Crippen LogP contribution is 2.28. The van der Waals surface area contributed by atoms with E-state index in [0.717, 1.165) is 6.54 Å². The van der Waals surface area contributed by atoms with Gasteiger partial charge in [0.2, 0.25) is 0 Å². The molecule has 1 N–H and O–H groups in total. The molecule has 1 atom stereocenters. The van der Waals surface area contributed by atoms with E-state index in [-0.39, 0.29) is 0 Å². The third kappa shape index (κ3) is 3.37. The third-order valence-electron chi connectivity index (χ3n) is 4.64. The van der Waals surface area contributed by atoms with Gasteiger partial charge in [0.05, 0.1) is 0 Å².